The summed E-state index contributed by atoms with van der Waals surface area (Å²) in [6, 6.07) is 23.8. The molecule has 3 aromatic carbocycles. The quantitative estimate of drug-likeness (QED) is 0.332. The minimum Gasteiger partial charge on any atom is -0.493 e. The van der Waals surface area contributed by atoms with Crippen LogP contribution in [0.25, 0.3) is 0 Å². The van der Waals surface area contributed by atoms with E-state index in [1.54, 1.807) is 67.7 Å². The number of aromatic nitrogens is 2. The monoisotopic (exact) mass is 499 g/mol. The zero-order valence-corrected chi connectivity index (χ0v) is 20.8. The summed E-state index contributed by atoms with van der Waals surface area (Å²) in [6.07, 6.45) is 3.69. The van der Waals surface area contributed by atoms with Crippen LogP contribution in [0.3, 0.4) is 0 Å². The number of anilines is 2. The lowest BCUT2D eigenvalue weighted by Crippen LogP contribution is -2.30. The molecule has 9 heteroatoms. The van der Waals surface area contributed by atoms with Gasteiger partial charge >= 0.3 is 6.03 Å². The van der Waals surface area contributed by atoms with Crippen molar-refractivity contribution in [2.75, 3.05) is 31.4 Å². The van der Waals surface area contributed by atoms with Gasteiger partial charge in [0.2, 0.25) is 0 Å². The first-order chi connectivity index (χ1) is 18.0. The molecule has 0 atom stereocenters. The van der Waals surface area contributed by atoms with Crippen LogP contribution in [0.15, 0.2) is 91.3 Å². The Morgan fingerprint density at radius 3 is 2.35 bits per heavy atom. The van der Waals surface area contributed by atoms with Gasteiger partial charge in [-0.2, -0.15) is 5.10 Å². The van der Waals surface area contributed by atoms with E-state index in [1.165, 1.54) is 0 Å². The summed E-state index contributed by atoms with van der Waals surface area (Å²) in [5.41, 5.74) is 3.17. The second-order valence-electron chi connectivity index (χ2n) is 8.39. The lowest BCUT2D eigenvalue weighted by molar-refractivity contribution is -0.118. The predicted octanol–water partition coefficient (Wildman–Crippen LogP) is 4.62. The highest BCUT2D eigenvalue weighted by molar-refractivity contribution is 5.94. The number of nitrogens with zero attached hydrogens (tertiary/aromatic N) is 3. The maximum Gasteiger partial charge on any atom is 0.321 e. The third-order valence-corrected chi connectivity index (χ3v) is 5.47. The third-order valence-electron chi connectivity index (χ3n) is 5.47. The van der Waals surface area contributed by atoms with E-state index in [4.69, 9.17) is 9.47 Å². The van der Waals surface area contributed by atoms with Crippen molar-refractivity contribution < 1.29 is 19.1 Å². The van der Waals surface area contributed by atoms with Gasteiger partial charge in [-0.25, -0.2) is 4.79 Å². The standard InChI is InChI=1S/C28H29N5O4/c1-32(17-22-16-29-33(19-22)18-21-9-4-3-5-10-21)28(35)31-24-12-8-11-23(15-24)30-27(34)20-37-26-14-7-6-13-25(26)36-2/h3-16,19H,17-18,20H2,1-2H3,(H,30,34)(H,31,35). The fourth-order valence-corrected chi connectivity index (χ4v) is 3.66. The molecule has 37 heavy (non-hydrogen) atoms. The fraction of sp³-hybridized carbons (Fsp3) is 0.179. The highest BCUT2D eigenvalue weighted by atomic mass is 16.5. The van der Waals surface area contributed by atoms with Crippen molar-refractivity contribution in [3.05, 3.63) is 102 Å². The largest absolute Gasteiger partial charge is 0.493 e. The molecule has 0 aliphatic heterocycles. The SMILES string of the molecule is COc1ccccc1OCC(=O)Nc1cccc(NC(=O)N(C)Cc2cnn(Cc3ccccc3)c2)c1. The number of ether oxygens (including phenoxy) is 2. The molecule has 0 aliphatic rings. The Hall–Kier alpha value is -4.79. The summed E-state index contributed by atoms with van der Waals surface area (Å²) in [7, 11) is 3.25. The number of carbonyl (C=O) groups excluding carboxylic acids is 2. The highest BCUT2D eigenvalue weighted by Gasteiger charge is 2.12. The van der Waals surface area contributed by atoms with Crippen LogP contribution < -0.4 is 20.1 Å². The lowest BCUT2D eigenvalue weighted by atomic mass is 10.2. The van der Waals surface area contributed by atoms with Crippen molar-refractivity contribution in [1.82, 2.24) is 14.7 Å². The Bertz CT molecular complexity index is 1340. The summed E-state index contributed by atoms with van der Waals surface area (Å²) < 4.78 is 12.6. The van der Waals surface area contributed by atoms with Crippen molar-refractivity contribution in [1.29, 1.82) is 0 Å². The number of rotatable bonds is 10. The molecule has 190 valence electrons. The molecule has 0 bridgehead atoms. The van der Waals surface area contributed by atoms with E-state index in [9.17, 15) is 9.59 Å². The number of hydrogen-bond donors (Lipinski definition) is 2. The lowest BCUT2D eigenvalue weighted by Gasteiger charge is -2.17. The van der Waals surface area contributed by atoms with Gasteiger partial charge < -0.3 is 25.0 Å². The molecule has 2 N–H and O–H groups in total. The first-order valence-electron chi connectivity index (χ1n) is 11.7. The number of amides is 3. The van der Waals surface area contributed by atoms with Crippen LogP contribution in [0.2, 0.25) is 0 Å². The molecule has 3 amide bonds. The van der Waals surface area contributed by atoms with Crippen molar-refractivity contribution in [2.24, 2.45) is 0 Å². The molecule has 0 saturated carbocycles. The van der Waals surface area contributed by atoms with E-state index >= 15 is 0 Å². The Morgan fingerprint density at radius 1 is 0.892 bits per heavy atom. The zero-order chi connectivity index (χ0) is 26.0. The van der Waals surface area contributed by atoms with Crippen LogP contribution in [0.4, 0.5) is 16.2 Å². The van der Waals surface area contributed by atoms with E-state index in [1.807, 2.05) is 47.3 Å². The van der Waals surface area contributed by atoms with E-state index in [0.717, 1.165) is 11.1 Å². The molecule has 0 radical (unpaired) electrons. The molecule has 4 aromatic rings. The van der Waals surface area contributed by atoms with Gasteiger partial charge in [-0.15, -0.1) is 0 Å². The molecule has 0 aliphatic carbocycles. The Kier molecular flexibility index (Phi) is 8.38. The summed E-state index contributed by atoms with van der Waals surface area (Å²) in [4.78, 5) is 26.7. The maximum absolute atomic E-state index is 12.7. The topological polar surface area (TPSA) is 97.7 Å². The zero-order valence-electron chi connectivity index (χ0n) is 20.8. The van der Waals surface area contributed by atoms with Gasteiger partial charge in [0.1, 0.15) is 0 Å². The van der Waals surface area contributed by atoms with Gasteiger partial charge in [-0.3, -0.25) is 9.48 Å². The number of urea groups is 1. The normalized spacial score (nSPS) is 10.4. The van der Waals surface area contributed by atoms with E-state index < -0.39 is 0 Å². The molecule has 1 heterocycles. The van der Waals surface area contributed by atoms with E-state index in [2.05, 4.69) is 15.7 Å². The first-order valence-corrected chi connectivity index (χ1v) is 11.7. The maximum atomic E-state index is 12.7. The minimum atomic E-state index is -0.334. The molecule has 0 fully saturated rings. The number of hydrogen-bond acceptors (Lipinski definition) is 5. The van der Waals surface area contributed by atoms with Crippen molar-refractivity contribution in [3.63, 3.8) is 0 Å². The number of benzene rings is 3. The molecular formula is C28H29N5O4. The second-order valence-corrected chi connectivity index (χ2v) is 8.39. The third kappa shape index (κ3) is 7.35. The molecular weight excluding hydrogens is 470 g/mol. The van der Waals surface area contributed by atoms with Gasteiger partial charge in [0.15, 0.2) is 18.1 Å². The van der Waals surface area contributed by atoms with Crippen molar-refractivity contribution in [2.45, 2.75) is 13.1 Å². The number of carbonyl (C=O) groups is 2. The number of para-hydroxylation sites is 2. The van der Waals surface area contributed by atoms with Crippen molar-refractivity contribution >= 4 is 23.3 Å². The average Bonchev–Trinajstić information content (AvgIpc) is 3.34. The number of methoxy groups -OCH3 is 1. The average molecular weight is 500 g/mol. The van der Waals surface area contributed by atoms with Crippen LogP contribution in [0.5, 0.6) is 11.5 Å². The van der Waals surface area contributed by atoms with Crippen LogP contribution in [0.1, 0.15) is 11.1 Å². The van der Waals surface area contributed by atoms with Gasteiger partial charge in [0.25, 0.3) is 5.91 Å². The van der Waals surface area contributed by atoms with Gasteiger partial charge in [-0.05, 0) is 35.9 Å². The summed E-state index contributed by atoms with van der Waals surface area (Å²) in [5, 5.41) is 10.0. The van der Waals surface area contributed by atoms with Crippen LogP contribution in [0, 0.1) is 0 Å². The summed E-state index contributed by atoms with van der Waals surface area (Å²) >= 11 is 0. The first kappa shape index (κ1) is 25.3. The molecule has 9 nitrogen and oxygen atoms in total. The van der Waals surface area contributed by atoms with E-state index in [-0.39, 0.29) is 18.5 Å². The van der Waals surface area contributed by atoms with Crippen LogP contribution in [-0.2, 0) is 17.9 Å². The molecule has 0 spiro atoms. The smallest absolute Gasteiger partial charge is 0.321 e. The highest BCUT2D eigenvalue weighted by Crippen LogP contribution is 2.25. The Morgan fingerprint density at radius 2 is 1.59 bits per heavy atom. The molecule has 1 aromatic heterocycles. The van der Waals surface area contributed by atoms with Gasteiger partial charge in [0.05, 0.1) is 26.4 Å². The van der Waals surface area contributed by atoms with Gasteiger partial charge in [0, 0.05) is 30.2 Å². The predicted molar refractivity (Wildman–Crippen MR) is 142 cm³/mol. The van der Waals surface area contributed by atoms with E-state index in [0.29, 0.717) is 36.0 Å². The van der Waals surface area contributed by atoms with Gasteiger partial charge in [-0.1, -0.05) is 48.5 Å². The Balaban J connectivity index is 1.27. The second kappa shape index (κ2) is 12.3. The molecule has 0 unspecified atom stereocenters. The molecule has 4 rings (SSSR count). The molecule has 0 saturated heterocycles. The minimum absolute atomic E-state index is 0.183. The number of nitrogens with one attached hydrogen (secondary N) is 2. The summed E-state index contributed by atoms with van der Waals surface area (Å²) in [6.45, 7) is 0.883. The Labute approximate surface area is 215 Å². The summed E-state index contributed by atoms with van der Waals surface area (Å²) in [5.74, 6) is 0.696. The van der Waals surface area contributed by atoms with Crippen LogP contribution in [-0.4, -0.2) is 47.4 Å². The van der Waals surface area contributed by atoms with Crippen LogP contribution >= 0.6 is 0 Å². The van der Waals surface area contributed by atoms with Crippen molar-refractivity contribution in [3.8, 4) is 11.5 Å². The fourth-order valence-electron chi connectivity index (χ4n) is 3.66.